The molecule has 11 nitrogen and oxygen atoms in total. The maximum atomic E-state index is 14.2. The van der Waals surface area contributed by atoms with Crippen LogP contribution >= 0.6 is 0 Å². The lowest BCUT2D eigenvalue weighted by Gasteiger charge is -2.55. The molecule has 11 heteroatoms. The highest BCUT2D eigenvalue weighted by atomic mass is 16.5. The first-order chi connectivity index (χ1) is 21.3. The molecule has 3 aromatic carbocycles. The molecule has 0 saturated carbocycles. The number of amides is 3. The first-order valence-corrected chi connectivity index (χ1v) is 14.6. The molecule has 44 heavy (non-hydrogen) atoms. The van der Waals surface area contributed by atoms with E-state index in [0.29, 0.717) is 23.9 Å². The Balaban J connectivity index is 1.35. The number of hydrazine groups is 1. The van der Waals surface area contributed by atoms with E-state index < -0.39 is 12.2 Å². The summed E-state index contributed by atoms with van der Waals surface area (Å²) in [7, 11) is 0. The normalized spacial score (nSPS) is 19.0. The van der Waals surface area contributed by atoms with Gasteiger partial charge in [-0.3, -0.25) is 14.4 Å². The molecule has 2 fully saturated rings. The molecule has 0 aliphatic carbocycles. The number of phenols is 1. The molecule has 4 aromatic rings. The third kappa shape index (κ3) is 5.73. The van der Waals surface area contributed by atoms with E-state index in [9.17, 15) is 19.5 Å². The zero-order chi connectivity index (χ0) is 30.8. The number of carbonyl (C=O) groups is 3. The predicted molar refractivity (Wildman–Crippen MR) is 163 cm³/mol. The molecule has 3 amide bonds. The van der Waals surface area contributed by atoms with Crippen LogP contribution < -0.4 is 5.73 Å². The maximum Gasteiger partial charge on any atom is 0.246 e. The molecular weight excluding hydrogens is 560 g/mol. The van der Waals surface area contributed by atoms with Crippen molar-refractivity contribution in [3.63, 3.8) is 0 Å². The summed E-state index contributed by atoms with van der Waals surface area (Å²) in [4.78, 5) is 45.2. The number of nitrogen functional groups attached to an aromatic ring is 1. The Morgan fingerprint density at radius 1 is 1.05 bits per heavy atom. The third-order valence-corrected chi connectivity index (χ3v) is 8.20. The number of nitrogens with two attached hydrogens (primary N) is 1. The van der Waals surface area contributed by atoms with Gasteiger partial charge in [-0.2, -0.15) is 0 Å². The van der Waals surface area contributed by atoms with Gasteiger partial charge in [0.05, 0.1) is 18.5 Å². The molecule has 0 unspecified atom stereocenters. The van der Waals surface area contributed by atoms with Gasteiger partial charge in [-0.05, 0) is 47.4 Å². The first-order valence-electron chi connectivity index (χ1n) is 14.6. The molecule has 2 atom stereocenters. The van der Waals surface area contributed by atoms with Crippen molar-refractivity contribution in [3.8, 4) is 5.75 Å². The molecule has 2 aliphatic rings. The van der Waals surface area contributed by atoms with Gasteiger partial charge in [0.1, 0.15) is 18.0 Å². The van der Waals surface area contributed by atoms with Crippen molar-refractivity contribution < 1.29 is 24.0 Å². The van der Waals surface area contributed by atoms with Gasteiger partial charge < -0.3 is 25.2 Å². The number of anilines is 1. The Kier molecular flexibility index (Phi) is 8.03. The smallest absolute Gasteiger partial charge is 0.246 e. The minimum Gasteiger partial charge on any atom is -0.508 e. The van der Waals surface area contributed by atoms with E-state index >= 15 is 0 Å². The van der Waals surface area contributed by atoms with E-state index in [1.807, 2.05) is 42.5 Å². The summed E-state index contributed by atoms with van der Waals surface area (Å²) in [6.07, 6.45) is 1.94. The van der Waals surface area contributed by atoms with E-state index in [1.54, 1.807) is 56.2 Å². The summed E-state index contributed by atoms with van der Waals surface area (Å²) in [5.41, 5.74) is 9.16. The number of nitrogens with zero attached hydrogens (tertiary/aromatic N) is 5. The molecule has 0 bridgehead atoms. The molecule has 0 spiro atoms. The van der Waals surface area contributed by atoms with Crippen LogP contribution in [0.25, 0.3) is 11.0 Å². The second kappa shape index (κ2) is 12.2. The fourth-order valence-electron chi connectivity index (χ4n) is 6.09. The summed E-state index contributed by atoms with van der Waals surface area (Å²) in [5.74, 6) is -0.240. The van der Waals surface area contributed by atoms with Gasteiger partial charge in [-0.1, -0.05) is 59.8 Å². The number of phenolic OH excluding ortho intramolecular Hbond substituents is 1. The summed E-state index contributed by atoms with van der Waals surface area (Å²) in [6.45, 7) is 4.45. The van der Waals surface area contributed by atoms with Gasteiger partial charge >= 0.3 is 0 Å². The van der Waals surface area contributed by atoms with Gasteiger partial charge in [0.25, 0.3) is 0 Å². The second-order valence-corrected chi connectivity index (χ2v) is 11.1. The fourth-order valence-corrected chi connectivity index (χ4v) is 6.09. The maximum absolute atomic E-state index is 14.2. The summed E-state index contributed by atoms with van der Waals surface area (Å²) in [5, 5.41) is 17.7. The van der Waals surface area contributed by atoms with Crippen LogP contribution in [-0.4, -0.2) is 79.6 Å². The standard InChI is InChI=1S/C33H34N6O5/c1-2-16-37-21-31(42)38-27(18-23-8-12-25(40)13-9-23)33(43)36(19-24-10-14-28-26(17-24)32(34)35-44-28)20-29(38)39(37)30(41)15-11-22-6-4-3-5-7-22/h2-10,12-14,17,27,29,40H,1,11,15-16,18-21H2,(H2,34,35)/t27-,29-/m0/s1. The number of benzene rings is 3. The molecule has 0 radical (unpaired) electrons. The largest absolute Gasteiger partial charge is 0.508 e. The molecule has 2 aliphatic heterocycles. The quantitative estimate of drug-likeness (QED) is 0.282. The molecular formula is C33H34N6O5. The van der Waals surface area contributed by atoms with Crippen LogP contribution in [-0.2, 0) is 33.8 Å². The molecule has 6 rings (SSSR count). The first kappa shape index (κ1) is 28.9. The zero-order valence-electron chi connectivity index (χ0n) is 24.2. The number of aromatic hydroxyl groups is 1. The molecule has 226 valence electrons. The van der Waals surface area contributed by atoms with Crippen LogP contribution in [0.2, 0.25) is 0 Å². The minimum absolute atomic E-state index is 0.0532. The van der Waals surface area contributed by atoms with Crippen LogP contribution in [0.15, 0.2) is 90.0 Å². The second-order valence-electron chi connectivity index (χ2n) is 11.1. The molecule has 3 heterocycles. The van der Waals surface area contributed by atoms with Gasteiger partial charge in [-0.25, -0.2) is 10.0 Å². The van der Waals surface area contributed by atoms with Gasteiger partial charge in [-0.15, -0.1) is 6.58 Å². The number of hydrogen-bond acceptors (Lipinski definition) is 8. The lowest BCUT2D eigenvalue weighted by atomic mass is 9.98. The SMILES string of the molecule is C=CCN1CC(=O)N2[C@@H](Cc3ccc(O)cc3)C(=O)N(Cc3ccc4onc(N)c4c3)C[C@@H]2N1C(=O)CCc1ccccc1. The minimum atomic E-state index is -0.856. The van der Waals surface area contributed by atoms with Crippen LogP contribution in [0.1, 0.15) is 23.1 Å². The summed E-state index contributed by atoms with van der Waals surface area (Å²) >= 11 is 0. The molecule has 1 aromatic heterocycles. The van der Waals surface area contributed by atoms with E-state index in [0.717, 1.165) is 16.7 Å². The van der Waals surface area contributed by atoms with Crippen molar-refractivity contribution in [2.45, 2.75) is 38.0 Å². The highest BCUT2D eigenvalue weighted by Crippen LogP contribution is 2.31. The fraction of sp³-hybridized carbons (Fsp3) is 0.273. The number of hydrogen-bond donors (Lipinski definition) is 2. The van der Waals surface area contributed by atoms with Crippen LogP contribution in [0.3, 0.4) is 0 Å². The topological polar surface area (TPSA) is 136 Å². The monoisotopic (exact) mass is 594 g/mol. The Labute approximate surface area is 254 Å². The predicted octanol–water partition coefficient (Wildman–Crippen LogP) is 3.10. The Morgan fingerprint density at radius 2 is 1.80 bits per heavy atom. The lowest BCUT2D eigenvalue weighted by Crippen LogP contribution is -2.75. The van der Waals surface area contributed by atoms with Crippen LogP contribution in [0.4, 0.5) is 5.82 Å². The van der Waals surface area contributed by atoms with Gasteiger partial charge in [0.2, 0.25) is 17.7 Å². The van der Waals surface area contributed by atoms with Gasteiger partial charge in [0, 0.05) is 25.9 Å². The highest BCUT2D eigenvalue weighted by Gasteiger charge is 2.51. The number of aromatic nitrogens is 1. The van der Waals surface area contributed by atoms with Crippen molar-refractivity contribution in [1.29, 1.82) is 0 Å². The number of carbonyl (C=O) groups excluding carboxylic acids is 3. The van der Waals surface area contributed by atoms with Crippen LogP contribution in [0, 0.1) is 0 Å². The average Bonchev–Trinajstić information content (AvgIpc) is 3.39. The zero-order valence-corrected chi connectivity index (χ0v) is 24.2. The number of aryl methyl sites for hydroxylation is 1. The molecule has 2 saturated heterocycles. The van der Waals surface area contributed by atoms with Crippen molar-refractivity contribution >= 4 is 34.5 Å². The van der Waals surface area contributed by atoms with E-state index in [1.165, 1.54) is 0 Å². The summed E-state index contributed by atoms with van der Waals surface area (Å²) in [6, 6.07) is 21.0. The Hall–Kier alpha value is -5.16. The van der Waals surface area contributed by atoms with E-state index in [4.69, 9.17) is 10.3 Å². The van der Waals surface area contributed by atoms with E-state index in [-0.39, 0.29) is 61.8 Å². The number of fused-ring (bicyclic) bond motifs is 2. The Morgan fingerprint density at radius 3 is 2.55 bits per heavy atom. The van der Waals surface area contributed by atoms with Crippen molar-refractivity contribution in [1.82, 2.24) is 25.0 Å². The lowest BCUT2D eigenvalue weighted by molar-refractivity contribution is -0.205. The number of rotatable bonds is 9. The average molecular weight is 595 g/mol. The highest BCUT2D eigenvalue weighted by molar-refractivity contribution is 5.92. The third-order valence-electron chi connectivity index (χ3n) is 8.20. The number of piperazine rings is 1. The van der Waals surface area contributed by atoms with Crippen molar-refractivity contribution in [2.75, 3.05) is 25.4 Å². The van der Waals surface area contributed by atoms with Crippen molar-refractivity contribution in [3.05, 3.63) is 102 Å². The molecule has 3 N–H and O–H groups in total. The Bertz CT molecular complexity index is 1690. The summed E-state index contributed by atoms with van der Waals surface area (Å²) < 4.78 is 5.24. The van der Waals surface area contributed by atoms with Crippen molar-refractivity contribution in [2.24, 2.45) is 0 Å². The van der Waals surface area contributed by atoms with E-state index in [2.05, 4.69) is 11.7 Å². The van der Waals surface area contributed by atoms with Gasteiger partial charge in [0.15, 0.2) is 11.4 Å². The van der Waals surface area contributed by atoms with Crippen LogP contribution in [0.5, 0.6) is 5.75 Å².